The van der Waals surface area contributed by atoms with Gasteiger partial charge in [-0.3, -0.25) is 0 Å². The van der Waals surface area contributed by atoms with Crippen molar-refractivity contribution in [3.05, 3.63) is 28.8 Å². The largest absolute Gasteiger partial charge is 0.379 e. The highest BCUT2D eigenvalue weighted by atomic mass is 35.5. The van der Waals surface area contributed by atoms with E-state index in [-0.39, 0.29) is 10.9 Å². The number of halogens is 3. The average molecular weight is 317 g/mol. The minimum atomic E-state index is -0.463. The molecule has 0 aliphatic heterocycles. The number of rotatable bonds is 6. The van der Waals surface area contributed by atoms with E-state index in [0.29, 0.717) is 24.5 Å². The maximum absolute atomic E-state index is 13.5. The van der Waals surface area contributed by atoms with E-state index in [4.69, 9.17) is 27.9 Å². The van der Waals surface area contributed by atoms with E-state index < -0.39 is 5.82 Å². The molecule has 6 heteroatoms. The van der Waals surface area contributed by atoms with E-state index in [1.165, 1.54) is 18.9 Å². The van der Waals surface area contributed by atoms with Crippen LogP contribution in [0, 0.1) is 11.7 Å². The number of fused-ring (bicyclic) bond motifs is 1. The van der Waals surface area contributed by atoms with Crippen molar-refractivity contribution in [3.63, 3.8) is 0 Å². The van der Waals surface area contributed by atoms with Crippen molar-refractivity contribution in [2.75, 3.05) is 13.2 Å². The van der Waals surface area contributed by atoms with E-state index in [9.17, 15) is 4.39 Å². The molecule has 1 aliphatic rings. The van der Waals surface area contributed by atoms with Crippen LogP contribution in [-0.4, -0.2) is 22.8 Å². The molecule has 1 fully saturated rings. The zero-order valence-electron chi connectivity index (χ0n) is 10.9. The lowest BCUT2D eigenvalue weighted by atomic mass is 10.3. The fraction of sp³-hybridized carbons (Fsp3) is 0.500. The van der Waals surface area contributed by atoms with Crippen LogP contribution >= 0.6 is 23.2 Å². The van der Waals surface area contributed by atoms with Crippen LogP contribution in [0.25, 0.3) is 11.0 Å². The molecule has 1 aromatic heterocycles. The number of hydrogen-bond donors (Lipinski definition) is 0. The van der Waals surface area contributed by atoms with E-state index in [2.05, 4.69) is 4.98 Å². The topological polar surface area (TPSA) is 27.1 Å². The van der Waals surface area contributed by atoms with Crippen LogP contribution in [0.3, 0.4) is 0 Å². The standard InChI is InChI=1S/C14H15Cl2FN2O/c15-7-14-18-12-6-11(17)10(16)5-13(12)19(14)3-4-20-8-9-1-2-9/h5-6,9H,1-4,7-8H2. The molecule has 0 spiro atoms. The van der Waals surface area contributed by atoms with Crippen molar-refractivity contribution in [1.29, 1.82) is 0 Å². The Bertz CT molecular complexity index is 625. The summed E-state index contributed by atoms with van der Waals surface area (Å²) in [4.78, 5) is 4.34. The Morgan fingerprint density at radius 3 is 2.90 bits per heavy atom. The quantitative estimate of drug-likeness (QED) is 0.595. The number of ether oxygens (including phenoxy) is 1. The van der Waals surface area contributed by atoms with Gasteiger partial charge in [0.1, 0.15) is 11.6 Å². The van der Waals surface area contributed by atoms with Gasteiger partial charge in [-0.2, -0.15) is 0 Å². The molecular weight excluding hydrogens is 302 g/mol. The molecule has 1 aromatic carbocycles. The molecule has 1 aliphatic carbocycles. The van der Waals surface area contributed by atoms with Gasteiger partial charge in [0.15, 0.2) is 0 Å². The van der Waals surface area contributed by atoms with Crippen molar-refractivity contribution in [2.24, 2.45) is 5.92 Å². The highest BCUT2D eigenvalue weighted by Gasteiger charge is 2.21. The molecule has 2 aromatic rings. The van der Waals surface area contributed by atoms with E-state index in [0.717, 1.165) is 18.0 Å². The van der Waals surface area contributed by atoms with Gasteiger partial charge in [0.2, 0.25) is 0 Å². The minimum Gasteiger partial charge on any atom is -0.379 e. The van der Waals surface area contributed by atoms with Gasteiger partial charge in [-0.25, -0.2) is 9.37 Å². The molecule has 0 bridgehead atoms. The van der Waals surface area contributed by atoms with Crippen molar-refractivity contribution < 1.29 is 9.13 Å². The first-order chi connectivity index (χ1) is 9.69. The molecule has 0 saturated heterocycles. The maximum Gasteiger partial charge on any atom is 0.144 e. The van der Waals surface area contributed by atoms with E-state index in [1.54, 1.807) is 6.07 Å². The van der Waals surface area contributed by atoms with Crippen LogP contribution in [-0.2, 0) is 17.2 Å². The Labute approximate surface area is 126 Å². The number of benzene rings is 1. The van der Waals surface area contributed by atoms with Crippen LogP contribution in [0.15, 0.2) is 12.1 Å². The summed E-state index contributed by atoms with van der Waals surface area (Å²) in [6.07, 6.45) is 2.55. The summed E-state index contributed by atoms with van der Waals surface area (Å²) in [5.74, 6) is 1.26. The third kappa shape index (κ3) is 2.92. The molecule has 0 atom stereocenters. The first-order valence-electron chi connectivity index (χ1n) is 6.67. The SMILES string of the molecule is Fc1cc2nc(CCl)n(CCOCC3CC3)c2cc1Cl. The molecular formula is C14H15Cl2FN2O. The average Bonchev–Trinajstić information content (AvgIpc) is 3.19. The Morgan fingerprint density at radius 1 is 1.40 bits per heavy atom. The zero-order valence-corrected chi connectivity index (χ0v) is 12.4. The predicted molar refractivity (Wildman–Crippen MR) is 77.8 cm³/mol. The smallest absolute Gasteiger partial charge is 0.144 e. The molecule has 0 amide bonds. The van der Waals surface area contributed by atoms with Gasteiger partial charge in [-0.15, -0.1) is 11.6 Å². The minimum absolute atomic E-state index is 0.0960. The highest BCUT2D eigenvalue weighted by Crippen LogP contribution is 2.29. The summed E-state index contributed by atoms with van der Waals surface area (Å²) in [6.45, 7) is 2.06. The van der Waals surface area contributed by atoms with Crippen LogP contribution in [0.2, 0.25) is 5.02 Å². The van der Waals surface area contributed by atoms with Gasteiger partial charge in [0.25, 0.3) is 0 Å². The van der Waals surface area contributed by atoms with Crippen LogP contribution in [0.1, 0.15) is 18.7 Å². The lowest BCUT2D eigenvalue weighted by Crippen LogP contribution is -2.10. The highest BCUT2D eigenvalue weighted by molar-refractivity contribution is 6.31. The molecule has 0 unspecified atom stereocenters. The monoisotopic (exact) mass is 316 g/mol. The van der Waals surface area contributed by atoms with Crippen molar-refractivity contribution in [1.82, 2.24) is 9.55 Å². The summed E-state index contributed by atoms with van der Waals surface area (Å²) < 4.78 is 21.0. The van der Waals surface area contributed by atoms with Gasteiger partial charge in [0.05, 0.1) is 28.5 Å². The molecule has 108 valence electrons. The van der Waals surface area contributed by atoms with Gasteiger partial charge >= 0.3 is 0 Å². The van der Waals surface area contributed by atoms with E-state index in [1.807, 2.05) is 4.57 Å². The second kappa shape index (κ2) is 5.88. The lowest BCUT2D eigenvalue weighted by Gasteiger charge is -2.08. The number of alkyl halides is 1. The summed E-state index contributed by atoms with van der Waals surface area (Å²) in [7, 11) is 0. The van der Waals surface area contributed by atoms with Crippen molar-refractivity contribution >= 4 is 34.2 Å². The fourth-order valence-corrected chi connectivity index (χ4v) is 2.57. The number of aromatic nitrogens is 2. The van der Waals surface area contributed by atoms with E-state index >= 15 is 0 Å². The number of nitrogens with zero attached hydrogens (tertiary/aromatic N) is 2. The first kappa shape index (κ1) is 14.1. The van der Waals surface area contributed by atoms with Gasteiger partial charge < -0.3 is 9.30 Å². The molecule has 3 rings (SSSR count). The van der Waals surface area contributed by atoms with Gasteiger partial charge in [-0.05, 0) is 24.8 Å². The van der Waals surface area contributed by atoms with Crippen LogP contribution < -0.4 is 0 Å². The molecule has 1 heterocycles. The Balaban J connectivity index is 1.80. The molecule has 20 heavy (non-hydrogen) atoms. The van der Waals surface area contributed by atoms with Crippen LogP contribution in [0.4, 0.5) is 4.39 Å². The summed E-state index contributed by atoms with van der Waals surface area (Å²) in [6, 6.07) is 2.94. The molecule has 0 radical (unpaired) electrons. The predicted octanol–water partition coefficient (Wildman–Crippen LogP) is 3.99. The normalized spacial score (nSPS) is 15.2. The third-order valence-corrected chi connectivity index (χ3v) is 4.03. The second-order valence-electron chi connectivity index (χ2n) is 5.09. The fourth-order valence-electron chi connectivity index (χ4n) is 2.21. The van der Waals surface area contributed by atoms with Crippen molar-refractivity contribution in [3.8, 4) is 0 Å². The van der Waals surface area contributed by atoms with Gasteiger partial charge in [-0.1, -0.05) is 11.6 Å². The second-order valence-corrected chi connectivity index (χ2v) is 5.76. The summed E-state index contributed by atoms with van der Waals surface area (Å²) >= 11 is 11.7. The number of imidazole rings is 1. The summed E-state index contributed by atoms with van der Waals surface area (Å²) in [5.41, 5.74) is 1.37. The Kier molecular flexibility index (Phi) is 4.15. The van der Waals surface area contributed by atoms with Gasteiger partial charge in [0, 0.05) is 19.2 Å². The molecule has 1 saturated carbocycles. The van der Waals surface area contributed by atoms with Crippen LogP contribution in [0.5, 0.6) is 0 Å². The Hall–Kier alpha value is -0.840. The van der Waals surface area contributed by atoms with Crippen molar-refractivity contribution in [2.45, 2.75) is 25.3 Å². The lowest BCUT2D eigenvalue weighted by molar-refractivity contribution is 0.117. The molecule has 3 nitrogen and oxygen atoms in total. The summed E-state index contributed by atoms with van der Waals surface area (Å²) in [5, 5.41) is 0.0960. The first-order valence-corrected chi connectivity index (χ1v) is 7.58. The third-order valence-electron chi connectivity index (χ3n) is 3.50. The maximum atomic E-state index is 13.5. The number of hydrogen-bond acceptors (Lipinski definition) is 2. The Morgan fingerprint density at radius 2 is 2.20 bits per heavy atom. The molecule has 0 N–H and O–H groups in total. The zero-order chi connectivity index (χ0) is 14.1.